The zero-order valence-corrected chi connectivity index (χ0v) is 16.6. The molecule has 0 saturated heterocycles. The van der Waals surface area contributed by atoms with E-state index < -0.39 is 0 Å². The molecule has 1 amide bonds. The third-order valence-corrected chi connectivity index (χ3v) is 4.57. The van der Waals surface area contributed by atoms with Gasteiger partial charge in [0.15, 0.2) is 0 Å². The van der Waals surface area contributed by atoms with E-state index in [0.717, 1.165) is 25.1 Å². The minimum Gasteiger partial charge on any atom is -0.351 e. The number of nitrogens with zero attached hydrogens (tertiary/aromatic N) is 3. The topological polar surface area (TPSA) is 67.2 Å². The summed E-state index contributed by atoms with van der Waals surface area (Å²) in [5.74, 6) is -0.266. The molecule has 0 radical (unpaired) electrons. The van der Waals surface area contributed by atoms with Crippen LogP contribution in [0.25, 0.3) is 0 Å². The van der Waals surface area contributed by atoms with E-state index in [1.165, 1.54) is 22.4 Å². The first-order valence-corrected chi connectivity index (χ1v) is 9.74. The zero-order chi connectivity index (χ0) is 20.5. The van der Waals surface area contributed by atoms with Crippen LogP contribution in [0.5, 0.6) is 0 Å². The number of aromatic nitrogens is 2. The third kappa shape index (κ3) is 6.40. The monoisotopic (exact) mass is 390 g/mol. The molecule has 3 aromatic rings. The summed E-state index contributed by atoms with van der Waals surface area (Å²) in [4.78, 5) is 26.7. The maximum atomic E-state index is 12.4. The molecule has 0 saturated carbocycles. The number of benzene rings is 2. The van der Waals surface area contributed by atoms with Gasteiger partial charge in [0.2, 0.25) is 0 Å². The average Bonchev–Trinajstić information content (AvgIpc) is 2.74. The van der Waals surface area contributed by atoms with Gasteiger partial charge in [0.1, 0.15) is 5.69 Å². The van der Waals surface area contributed by atoms with E-state index in [2.05, 4.69) is 34.5 Å². The molecule has 3 rings (SSSR count). The van der Waals surface area contributed by atoms with Gasteiger partial charge in [-0.15, -0.1) is 0 Å². The average molecular weight is 390 g/mol. The van der Waals surface area contributed by atoms with Crippen molar-refractivity contribution in [2.45, 2.75) is 19.5 Å². The Bertz CT molecular complexity index is 971. The molecule has 1 N–H and O–H groups in total. The van der Waals surface area contributed by atoms with Crippen LogP contribution in [0.15, 0.2) is 77.6 Å². The molecule has 0 spiro atoms. The Morgan fingerprint density at radius 2 is 1.62 bits per heavy atom. The van der Waals surface area contributed by atoms with Gasteiger partial charge < -0.3 is 10.2 Å². The fourth-order valence-corrected chi connectivity index (χ4v) is 3.06. The first-order valence-electron chi connectivity index (χ1n) is 9.74. The van der Waals surface area contributed by atoms with Gasteiger partial charge in [-0.25, -0.2) is 4.68 Å². The summed E-state index contributed by atoms with van der Waals surface area (Å²) in [7, 11) is 2.07. The molecular formula is C23H26N4O2. The Morgan fingerprint density at radius 3 is 2.31 bits per heavy atom. The molecule has 0 aliphatic rings. The van der Waals surface area contributed by atoms with E-state index in [4.69, 9.17) is 0 Å². The van der Waals surface area contributed by atoms with Crippen molar-refractivity contribution in [1.29, 1.82) is 0 Å². The largest absolute Gasteiger partial charge is 0.351 e. The van der Waals surface area contributed by atoms with Crippen molar-refractivity contribution < 1.29 is 4.79 Å². The van der Waals surface area contributed by atoms with Gasteiger partial charge in [0, 0.05) is 19.2 Å². The van der Waals surface area contributed by atoms with Crippen LogP contribution in [-0.2, 0) is 13.1 Å². The minimum atomic E-state index is -0.266. The Hall–Kier alpha value is -3.25. The van der Waals surface area contributed by atoms with Gasteiger partial charge in [-0.1, -0.05) is 60.7 Å². The van der Waals surface area contributed by atoms with Crippen molar-refractivity contribution in [2.75, 3.05) is 20.1 Å². The van der Waals surface area contributed by atoms with Gasteiger partial charge in [-0.3, -0.25) is 9.59 Å². The van der Waals surface area contributed by atoms with Gasteiger partial charge in [0.05, 0.1) is 6.54 Å². The van der Waals surface area contributed by atoms with Crippen molar-refractivity contribution in [3.8, 4) is 0 Å². The van der Waals surface area contributed by atoms with Gasteiger partial charge in [-0.2, -0.15) is 5.10 Å². The van der Waals surface area contributed by atoms with E-state index in [1.54, 1.807) is 0 Å². The molecule has 1 aromatic heterocycles. The number of hydrogen-bond acceptors (Lipinski definition) is 4. The Balaban J connectivity index is 1.48. The highest BCUT2D eigenvalue weighted by molar-refractivity contribution is 5.91. The summed E-state index contributed by atoms with van der Waals surface area (Å²) < 4.78 is 1.32. The summed E-state index contributed by atoms with van der Waals surface area (Å²) >= 11 is 0. The second-order valence-corrected chi connectivity index (χ2v) is 7.03. The number of nitrogens with one attached hydrogen (secondary N) is 1. The molecule has 0 unspecified atom stereocenters. The van der Waals surface area contributed by atoms with Crippen LogP contribution in [0.3, 0.4) is 0 Å². The molecule has 6 heteroatoms. The van der Waals surface area contributed by atoms with Gasteiger partial charge in [0.25, 0.3) is 11.5 Å². The van der Waals surface area contributed by atoms with E-state index in [0.29, 0.717) is 13.1 Å². The summed E-state index contributed by atoms with van der Waals surface area (Å²) in [5, 5.41) is 7.10. The van der Waals surface area contributed by atoms with Crippen molar-refractivity contribution in [2.24, 2.45) is 0 Å². The summed E-state index contributed by atoms with van der Waals surface area (Å²) in [6.07, 6.45) is 0.832. The smallest absolute Gasteiger partial charge is 0.271 e. The first kappa shape index (κ1) is 20.5. The molecule has 2 aromatic carbocycles. The first-order chi connectivity index (χ1) is 14.1. The highest BCUT2D eigenvalue weighted by Gasteiger charge is 2.10. The lowest BCUT2D eigenvalue weighted by atomic mass is 10.2. The molecular weight excluding hydrogens is 364 g/mol. The van der Waals surface area contributed by atoms with Crippen LogP contribution in [0.1, 0.15) is 28.0 Å². The minimum absolute atomic E-state index is 0.229. The molecule has 150 valence electrons. The Kier molecular flexibility index (Phi) is 7.30. The Labute approximate surface area is 170 Å². The van der Waals surface area contributed by atoms with E-state index in [9.17, 15) is 9.59 Å². The molecule has 0 aliphatic heterocycles. The normalized spacial score (nSPS) is 10.8. The van der Waals surface area contributed by atoms with E-state index >= 15 is 0 Å². The van der Waals surface area contributed by atoms with Crippen LogP contribution in [0, 0.1) is 0 Å². The number of carbonyl (C=O) groups is 1. The quantitative estimate of drug-likeness (QED) is 0.570. The molecule has 0 bridgehead atoms. The van der Waals surface area contributed by atoms with Crippen LogP contribution < -0.4 is 10.9 Å². The molecule has 6 nitrogen and oxygen atoms in total. The second kappa shape index (κ2) is 10.3. The van der Waals surface area contributed by atoms with Gasteiger partial charge in [-0.05, 0) is 37.2 Å². The van der Waals surface area contributed by atoms with Crippen molar-refractivity contribution in [1.82, 2.24) is 20.0 Å². The zero-order valence-electron chi connectivity index (χ0n) is 16.6. The van der Waals surface area contributed by atoms with E-state index in [1.807, 2.05) is 48.5 Å². The maximum Gasteiger partial charge on any atom is 0.271 e. The van der Waals surface area contributed by atoms with Crippen molar-refractivity contribution in [3.05, 3.63) is 100.0 Å². The highest BCUT2D eigenvalue weighted by atomic mass is 16.2. The van der Waals surface area contributed by atoms with Crippen molar-refractivity contribution in [3.63, 3.8) is 0 Å². The molecule has 0 atom stereocenters. The number of carbonyl (C=O) groups excluding carboxylic acids is 1. The second-order valence-electron chi connectivity index (χ2n) is 7.03. The summed E-state index contributed by atoms with van der Waals surface area (Å²) in [6, 6.07) is 22.7. The lowest BCUT2D eigenvalue weighted by Crippen LogP contribution is -2.31. The van der Waals surface area contributed by atoms with Crippen LogP contribution in [0.2, 0.25) is 0 Å². The highest BCUT2D eigenvalue weighted by Crippen LogP contribution is 2.03. The predicted octanol–water partition coefficient (Wildman–Crippen LogP) is 2.54. The SMILES string of the molecule is CN(CCCNC(=O)c1ccc(=O)n(Cc2ccccc2)n1)Cc1ccccc1. The van der Waals surface area contributed by atoms with Crippen LogP contribution in [0.4, 0.5) is 0 Å². The van der Waals surface area contributed by atoms with Crippen molar-refractivity contribution >= 4 is 5.91 Å². The molecule has 0 fully saturated rings. The lowest BCUT2D eigenvalue weighted by molar-refractivity contribution is 0.0944. The molecule has 29 heavy (non-hydrogen) atoms. The number of hydrogen-bond donors (Lipinski definition) is 1. The predicted molar refractivity (Wildman–Crippen MR) is 114 cm³/mol. The van der Waals surface area contributed by atoms with E-state index in [-0.39, 0.29) is 17.2 Å². The fraction of sp³-hybridized carbons (Fsp3) is 0.261. The lowest BCUT2D eigenvalue weighted by Gasteiger charge is -2.16. The maximum absolute atomic E-state index is 12.4. The van der Waals surface area contributed by atoms with Gasteiger partial charge >= 0.3 is 0 Å². The third-order valence-electron chi connectivity index (χ3n) is 4.57. The number of amides is 1. The van der Waals surface area contributed by atoms with Crippen LogP contribution in [-0.4, -0.2) is 40.7 Å². The Morgan fingerprint density at radius 1 is 0.966 bits per heavy atom. The fourth-order valence-electron chi connectivity index (χ4n) is 3.06. The molecule has 0 aliphatic carbocycles. The van der Waals surface area contributed by atoms with Crippen LogP contribution >= 0.6 is 0 Å². The molecule has 1 heterocycles. The summed E-state index contributed by atoms with van der Waals surface area (Å²) in [6.45, 7) is 2.64. The standard InChI is InChI=1S/C23H26N4O2/c1-26(17-19-9-4-2-5-10-19)16-8-15-24-23(29)21-13-14-22(28)27(25-21)18-20-11-6-3-7-12-20/h2-7,9-14H,8,15-18H2,1H3,(H,24,29). The number of rotatable bonds is 9. The summed E-state index contributed by atoms with van der Waals surface area (Å²) in [5.41, 5.74) is 2.25.